The van der Waals surface area contributed by atoms with Crippen molar-refractivity contribution >= 4 is 5.97 Å². The quantitative estimate of drug-likeness (QED) is 0.760. The van der Waals surface area contributed by atoms with Crippen LogP contribution in [0.5, 0.6) is 0 Å². The van der Waals surface area contributed by atoms with Crippen LogP contribution in [0.1, 0.15) is 39.0 Å². The van der Waals surface area contributed by atoms with E-state index in [1.54, 1.807) is 0 Å². The normalized spacial score (nSPS) is 34.3. The molecule has 17 heavy (non-hydrogen) atoms. The summed E-state index contributed by atoms with van der Waals surface area (Å²) < 4.78 is 10.8. The number of esters is 1. The van der Waals surface area contributed by atoms with Crippen LogP contribution in [0, 0.1) is 5.92 Å². The van der Waals surface area contributed by atoms with Gasteiger partial charge in [-0.1, -0.05) is 6.92 Å². The summed E-state index contributed by atoms with van der Waals surface area (Å²) in [6.45, 7) is 4.46. The Morgan fingerprint density at radius 1 is 1.35 bits per heavy atom. The van der Waals surface area contributed by atoms with E-state index in [9.17, 15) is 4.79 Å². The Bertz CT molecular complexity index is 243. The van der Waals surface area contributed by atoms with E-state index in [4.69, 9.17) is 9.47 Å². The van der Waals surface area contributed by atoms with Crippen molar-refractivity contribution < 1.29 is 14.3 Å². The van der Waals surface area contributed by atoms with Crippen LogP contribution in [-0.4, -0.2) is 37.9 Å². The van der Waals surface area contributed by atoms with E-state index in [-0.39, 0.29) is 18.1 Å². The summed E-state index contributed by atoms with van der Waals surface area (Å²) in [5.74, 6) is 0.714. The van der Waals surface area contributed by atoms with Crippen molar-refractivity contribution in [3.8, 4) is 0 Å². The topological polar surface area (TPSA) is 47.6 Å². The third-order valence-corrected chi connectivity index (χ3v) is 3.67. The Labute approximate surface area is 103 Å². The molecule has 1 saturated carbocycles. The summed E-state index contributed by atoms with van der Waals surface area (Å²) in [5, 5.41) is 3.27. The number of rotatable bonds is 3. The van der Waals surface area contributed by atoms with Gasteiger partial charge in [0.05, 0.1) is 19.6 Å². The minimum atomic E-state index is -0.0763. The highest BCUT2D eigenvalue weighted by molar-refractivity contribution is 5.70. The molecular formula is C13H23NO3. The van der Waals surface area contributed by atoms with Gasteiger partial charge in [0.15, 0.2) is 0 Å². The lowest BCUT2D eigenvalue weighted by Gasteiger charge is -2.27. The Kier molecular flexibility index (Phi) is 4.80. The van der Waals surface area contributed by atoms with Gasteiger partial charge in [-0.05, 0) is 31.6 Å². The first-order valence-corrected chi connectivity index (χ1v) is 6.74. The first-order valence-electron chi connectivity index (χ1n) is 6.74. The molecule has 0 aromatic heterocycles. The summed E-state index contributed by atoms with van der Waals surface area (Å²) in [6, 6.07) is 0.138. The van der Waals surface area contributed by atoms with Crippen molar-refractivity contribution in [2.24, 2.45) is 5.92 Å². The second kappa shape index (κ2) is 6.36. The molecule has 2 rings (SSSR count). The molecule has 1 N–H and O–H groups in total. The molecule has 1 aliphatic heterocycles. The van der Waals surface area contributed by atoms with Gasteiger partial charge in [-0.15, -0.1) is 0 Å². The molecule has 1 aliphatic carbocycles. The largest absolute Gasteiger partial charge is 0.462 e. The predicted molar refractivity (Wildman–Crippen MR) is 64.7 cm³/mol. The second-order valence-electron chi connectivity index (χ2n) is 5.30. The van der Waals surface area contributed by atoms with Crippen LogP contribution < -0.4 is 5.32 Å². The molecular weight excluding hydrogens is 218 g/mol. The predicted octanol–water partition coefficient (Wildman–Crippen LogP) is 1.49. The third-order valence-electron chi connectivity index (χ3n) is 3.67. The standard InChI is InChI=1S/C13H23NO3/c1-10-2-4-12(5-3-10)17-13(15)8-11-9-16-7-6-14-11/h10-12,14H,2-9H2,1H3. The molecule has 0 bridgehead atoms. The molecule has 0 aromatic rings. The third kappa shape index (κ3) is 4.28. The second-order valence-corrected chi connectivity index (χ2v) is 5.30. The van der Waals surface area contributed by atoms with Crippen molar-refractivity contribution in [2.75, 3.05) is 19.8 Å². The Balaban J connectivity index is 1.66. The van der Waals surface area contributed by atoms with Crippen molar-refractivity contribution in [3.05, 3.63) is 0 Å². The molecule has 1 atom stereocenters. The average Bonchev–Trinajstić information content (AvgIpc) is 2.33. The Morgan fingerprint density at radius 3 is 2.76 bits per heavy atom. The molecule has 2 fully saturated rings. The van der Waals surface area contributed by atoms with E-state index in [2.05, 4.69) is 12.2 Å². The van der Waals surface area contributed by atoms with E-state index in [1.807, 2.05) is 0 Å². The van der Waals surface area contributed by atoms with E-state index in [1.165, 1.54) is 12.8 Å². The summed E-state index contributed by atoms with van der Waals surface area (Å²) >= 11 is 0. The van der Waals surface area contributed by atoms with Gasteiger partial charge in [-0.3, -0.25) is 4.79 Å². The van der Waals surface area contributed by atoms with Crippen LogP contribution >= 0.6 is 0 Å². The summed E-state index contributed by atoms with van der Waals surface area (Å²) in [6.07, 6.45) is 5.02. The molecule has 4 nitrogen and oxygen atoms in total. The van der Waals surface area contributed by atoms with E-state index in [0.717, 1.165) is 31.9 Å². The van der Waals surface area contributed by atoms with Crippen molar-refractivity contribution in [3.63, 3.8) is 0 Å². The summed E-state index contributed by atoms with van der Waals surface area (Å²) in [7, 11) is 0. The number of nitrogens with one attached hydrogen (secondary N) is 1. The molecule has 98 valence electrons. The number of morpholine rings is 1. The highest BCUT2D eigenvalue weighted by Crippen LogP contribution is 2.25. The minimum absolute atomic E-state index is 0.0763. The zero-order valence-electron chi connectivity index (χ0n) is 10.6. The molecule has 0 radical (unpaired) electrons. The lowest BCUT2D eigenvalue weighted by molar-refractivity contribution is -0.152. The minimum Gasteiger partial charge on any atom is -0.462 e. The van der Waals surface area contributed by atoms with Crippen LogP contribution in [-0.2, 0) is 14.3 Å². The molecule has 1 heterocycles. The van der Waals surface area contributed by atoms with E-state index in [0.29, 0.717) is 13.0 Å². The number of ether oxygens (including phenoxy) is 2. The van der Waals surface area contributed by atoms with Gasteiger partial charge in [-0.25, -0.2) is 0 Å². The summed E-state index contributed by atoms with van der Waals surface area (Å²) in [4.78, 5) is 11.7. The molecule has 0 spiro atoms. The lowest BCUT2D eigenvalue weighted by Crippen LogP contribution is -2.43. The molecule has 1 saturated heterocycles. The lowest BCUT2D eigenvalue weighted by atomic mass is 9.89. The zero-order chi connectivity index (χ0) is 12.1. The molecule has 2 aliphatic rings. The fourth-order valence-corrected chi connectivity index (χ4v) is 2.53. The monoisotopic (exact) mass is 241 g/mol. The van der Waals surface area contributed by atoms with Gasteiger partial charge in [0, 0.05) is 12.6 Å². The van der Waals surface area contributed by atoms with Crippen LogP contribution in [0.4, 0.5) is 0 Å². The van der Waals surface area contributed by atoms with Gasteiger partial charge in [0.2, 0.25) is 0 Å². The first kappa shape index (κ1) is 12.8. The highest BCUT2D eigenvalue weighted by atomic mass is 16.5. The molecule has 0 amide bonds. The number of carbonyl (C=O) groups excluding carboxylic acids is 1. The van der Waals surface area contributed by atoms with Crippen LogP contribution in [0.25, 0.3) is 0 Å². The van der Waals surface area contributed by atoms with Crippen LogP contribution in [0.15, 0.2) is 0 Å². The maximum atomic E-state index is 11.7. The molecule has 4 heteroatoms. The molecule has 0 aromatic carbocycles. The van der Waals surface area contributed by atoms with E-state index < -0.39 is 0 Å². The van der Waals surface area contributed by atoms with Crippen molar-refractivity contribution in [1.29, 1.82) is 0 Å². The van der Waals surface area contributed by atoms with Crippen molar-refractivity contribution in [1.82, 2.24) is 5.32 Å². The fraction of sp³-hybridized carbons (Fsp3) is 0.923. The maximum absolute atomic E-state index is 11.7. The van der Waals surface area contributed by atoms with Gasteiger partial charge < -0.3 is 14.8 Å². The Morgan fingerprint density at radius 2 is 2.12 bits per heavy atom. The number of hydrogen-bond donors (Lipinski definition) is 1. The smallest absolute Gasteiger partial charge is 0.307 e. The van der Waals surface area contributed by atoms with Gasteiger partial charge in [-0.2, -0.15) is 0 Å². The van der Waals surface area contributed by atoms with Gasteiger partial charge in [0.25, 0.3) is 0 Å². The van der Waals surface area contributed by atoms with Crippen LogP contribution in [0.2, 0.25) is 0 Å². The first-order chi connectivity index (χ1) is 8.24. The van der Waals surface area contributed by atoms with Gasteiger partial charge in [0.1, 0.15) is 6.10 Å². The average molecular weight is 241 g/mol. The van der Waals surface area contributed by atoms with E-state index >= 15 is 0 Å². The molecule has 1 unspecified atom stereocenters. The van der Waals surface area contributed by atoms with Gasteiger partial charge >= 0.3 is 5.97 Å². The van der Waals surface area contributed by atoms with Crippen molar-refractivity contribution in [2.45, 2.75) is 51.2 Å². The maximum Gasteiger partial charge on any atom is 0.307 e. The summed E-state index contributed by atoms with van der Waals surface area (Å²) in [5.41, 5.74) is 0. The SMILES string of the molecule is CC1CCC(OC(=O)CC2COCCN2)CC1. The number of hydrogen-bond acceptors (Lipinski definition) is 4. The Hall–Kier alpha value is -0.610. The number of carbonyl (C=O) groups is 1. The highest BCUT2D eigenvalue weighted by Gasteiger charge is 2.23. The fourth-order valence-electron chi connectivity index (χ4n) is 2.53. The van der Waals surface area contributed by atoms with Crippen LogP contribution in [0.3, 0.4) is 0 Å². The zero-order valence-corrected chi connectivity index (χ0v) is 10.6.